The van der Waals surface area contributed by atoms with E-state index in [0.29, 0.717) is 6.54 Å². The molecule has 0 spiro atoms. The van der Waals surface area contributed by atoms with Gasteiger partial charge in [-0.1, -0.05) is 44.2 Å². The summed E-state index contributed by atoms with van der Waals surface area (Å²) in [5.74, 6) is -0.172. The van der Waals surface area contributed by atoms with E-state index in [2.05, 4.69) is 5.32 Å². The number of carbonyl (C=O) groups is 1. The lowest BCUT2D eigenvalue weighted by Gasteiger charge is -2.20. The van der Waals surface area contributed by atoms with Gasteiger partial charge < -0.3 is 10.1 Å². The Morgan fingerprint density at radius 2 is 2.00 bits per heavy atom. The lowest BCUT2D eigenvalue weighted by atomic mass is 10.1. The number of likely N-dealkylation sites (N-methyl/N-ethyl adjacent to an activating group) is 1. The van der Waals surface area contributed by atoms with Gasteiger partial charge in [0.25, 0.3) is 0 Å². The molecule has 1 aromatic rings. The number of rotatable bonds is 6. The van der Waals surface area contributed by atoms with Crippen LogP contribution in [0.4, 0.5) is 0 Å². The molecule has 1 aromatic carbocycles. The minimum Gasteiger partial charge on any atom is -0.456 e. The Kier molecular flexibility index (Phi) is 5.70. The van der Waals surface area contributed by atoms with Crippen LogP contribution in [0, 0.1) is 5.92 Å². The van der Waals surface area contributed by atoms with Gasteiger partial charge in [-0.15, -0.1) is 0 Å². The molecule has 0 heterocycles. The van der Waals surface area contributed by atoms with Gasteiger partial charge in [-0.2, -0.15) is 0 Å². The molecule has 0 bridgehead atoms. The fourth-order valence-corrected chi connectivity index (χ4v) is 1.50. The van der Waals surface area contributed by atoms with E-state index < -0.39 is 0 Å². The summed E-state index contributed by atoms with van der Waals surface area (Å²) < 4.78 is 5.53. The number of benzene rings is 1. The predicted molar refractivity (Wildman–Crippen MR) is 68.7 cm³/mol. The molecule has 1 N–H and O–H groups in total. The van der Waals surface area contributed by atoms with Crippen molar-refractivity contribution in [2.45, 2.75) is 26.4 Å². The zero-order valence-electron chi connectivity index (χ0n) is 10.8. The Morgan fingerprint density at radius 1 is 1.35 bits per heavy atom. The Balaban J connectivity index is 2.70. The third-order valence-corrected chi connectivity index (χ3v) is 2.83. The molecule has 3 heteroatoms. The van der Waals surface area contributed by atoms with Crippen LogP contribution in [0.5, 0.6) is 0 Å². The number of esters is 1. The molecule has 0 aliphatic carbocycles. The van der Waals surface area contributed by atoms with Gasteiger partial charge in [0.05, 0.1) is 5.92 Å². The monoisotopic (exact) mass is 235 g/mol. The van der Waals surface area contributed by atoms with E-state index in [9.17, 15) is 4.79 Å². The number of carbonyl (C=O) groups excluding carboxylic acids is 1. The van der Waals surface area contributed by atoms with Crippen molar-refractivity contribution in [2.24, 2.45) is 5.92 Å². The molecule has 0 aliphatic rings. The van der Waals surface area contributed by atoms with Crippen LogP contribution in [0.3, 0.4) is 0 Å². The minimum absolute atomic E-state index is 0.0435. The van der Waals surface area contributed by atoms with Crippen molar-refractivity contribution in [2.75, 3.05) is 13.6 Å². The van der Waals surface area contributed by atoms with Gasteiger partial charge in [-0.25, -0.2) is 0 Å². The molecule has 0 saturated carbocycles. The van der Waals surface area contributed by atoms with Crippen molar-refractivity contribution in [1.29, 1.82) is 0 Å². The molecular formula is C14H21NO2. The Labute approximate surface area is 103 Å². The standard InChI is InChI=1S/C14H21NO2/c1-4-11(2)14(16)17-13(10-15-3)12-8-6-5-7-9-12/h5-9,11,13,15H,4,10H2,1-3H3. The van der Waals surface area contributed by atoms with Crippen LogP contribution in [0.15, 0.2) is 30.3 Å². The molecule has 3 nitrogen and oxygen atoms in total. The summed E-state index contributed by atoms with van der Waals surface area (Å²) in [7, 11) is 1.85. The third-order valence-electron chi connectivity index (χ3n) is 2.83. The number of ether oxygens (including phenoxy) is 1. The summed E-state index contributed by atoms with van der Waals surface area (Å²) in [4.78, 5) is 11.8. The zero-order valence-corrected chi connectivity index (χ0v) is 10.8. The SMILES string of the molecule is CCC(C)C(=O)OC(CNC)c1ccccc1. The van der Waals surface area contributed by atoms with Crippen LogP contribution in [0.25, 0.3) is 0 Å². The Hall–Kier alpha value is -1.35. The number of nitrogens with one attached hydrogen (secondary N) is 1. The third kappa shape index (κ3) is 4.19. The molecule has 0 saturated heterocycles. The summed E-state index contributed by atoms with van der Waals surface area (Å²) in [5.41, 5.74) is 1.03. The molecule has 17 heavy (non-hydrogen) atoms. The second-order valence-electron chi connectivity index (χ2n) is 4.20. The maximum absolute atomic E-state index is 11.8. The topological polar surface area (TPSA) is 38.3 Å². The highest BCUT2D eigenvalue weighted by Crippen LogP contribution is 2.18. The molecule has 0 radical (unpaired) electrons. The van der Waals surface area contributed by atoms with E-state index >= 15 is 0 Å². The van der Waals surface area contributed by atoms with E-state index in [4.69, 9.17) is 4.74 Å². The van der Waals surface area contributed by atoms with E-state index in [-0.39, 0.29) is 18.0 Å². The summed E-state index contributed by atoms with van der Waals surface area (Å²) >= 11 is 0. The van der Waals surface area contributed by atoms with Crippen LogP contribution in [0.1, 0.15) is 31.9 Å². The van der Waals surface area contributed by atoms with Gasteiger partial charge in [0.2, 0.25) is 0 Å². The van der Waals surface area contributed by atoms with E-state index in [1.165, 1.54) is 0 Å². The maximum atomic E-state index is 11.8. The van der Waals surface area contributed by atoms with Crippen LogP contribution in [-0.4, -0.2) is 19.6 Å². The fourth-order valence-electron chi connectivity index (χ4n) is 1.50. The molecule has 2 unspecified atom stereocenters. The van der Waals surface area contributed by atoms with Crippen molar-refractivity contribution >= 4 is 5.97 Å². The predicted octanol–water partition coefficient (Wildman–Crippen LogP) is 2.54. The fraction of sp³-hybridized carbons (Fsp3) is 0.500. The van der Waals surface area contributed by atoms with Gasteiger partial charge in [-0.05, 0) is 19.0 Å². The lowest BCUT2D eigenvalue weighted by Crippen LogP contribution is -2.25. The molecule has 2 atom stereocenters. The van der Waals surface area contributed by atoms with Crippen molar-refractivity contribution in [3.8, 4) is 0 Å². The van der Waals surface area contributed by atoms with E-state index in [1.54, 1.807) is 0 Å². The second-order valence-corrected chi connectivity index (χ2v) is 4.20. The first-order chi connectivity index (χ1) is 8.19. The molecule has 0 aromatic heterocycles. The van der Waals surface area contributed by atoms with Crippen LogP contribution in [-0.2, 0) is 9.53 Å². The second kappa shape index (κ2) is 7.07. The summed E-state index contributed by atoms with van der Waals surface area (Å²) in [6.45, 7) is 4.51. The molecule has 94 valence electrons. The van der Waals surface area contributed by atoms with E-state index in [1.807, 2.05) is 51.2 Å². The van der Waals surface area contributed by atoms with Gasteiger partial charge in [0.15, 0.2) is 0 Å². The van der Waals surface area contributed by atoms with Crippen molar-refractivity contribution in [1.82, 2.24) is 5.32 Å². The van der Waals surface area contributed by atoms with Crippen molar-refractivity contribution in [3.63, 3.8) is 0 Å². The zero-order chi connectivity index (χ0) is 12.7. The average molecular weight is 235 g/mol. The summed E-state index contributed by atoms with van der Waals surface area (Å²) in [5, 5.41) is 3.05. The Morgan fingerprint density at radius 3 is 2.53 bits per heavy atom. The summed E-state index contributed by atoms with van der Waals surface area (Å²) in [6, 6.07) is 9.82. The van der Waals surface area contributed by atoms with Crippen LogP contribution in [0.2, 0.25) is 0 Å². The Bertz CT molecular complexity index is 337. The van der Waals surface area contributed by atoms with Gasteiger partial charge >= 0.3 is 5.97 Å². The quantitative estimate of drug-likeness (QED) is 0.770. The molecule has 0 fully saturated rings. The first-order valence-corrected chi connectivity index (χ1v) is 6.09. The molecule has 1 rings (SSSR count). The largest absolute Gasteiger partial charge is 0.456 e. The highest BCUT2D eigenvalue weighted by molar-refractivity contribution is 5.72. The smallest absolute Gasteiger partial charge is 0.309 e. The average Bonchev–Trinajstić information content (AvgIpc) is 2.38. The minimum atomic E-state index is -0.206. The first-order valence-electron chi connectivity index (χ1n) is 6.09. The van der Waals surface area contributed by atoms with Crippen molar-refractivity contribution in [3.05, 3.63) is 35.9 Å². The van der Waals surface area contributed by atoms with Gasteiger partial charge in [0.1, 0.15) is 6.10 Å². The summed E-state index contributed by atoms with van der Waals surface area (Å²) in [6.07, 6.45) is 0.600. The molecular weight excluding hydrogens is 214 g/mol. The van der Waals surface area contributed by atoms with Gasteiger partial charge in [0, 0.05) is 6.54 Å². The highest BCUT2D eigenvalue weighted by Gasteiger charge is 2.19. The van der Waals surface area contributed by atoms with Crippen LogP contribution >= 0.6 is 0 Å². The number of hydrogen-bond acceptors (Lipinski definition) is 3. The maximum Gasteiger partial charge on any atom is 0.309 e. The van der Waals surface area contributed by atoms with E-state index in [0.717, 1.165) is 12.0 Å². The highest BCUT2D eigenvalue weighted by atomic mass is 16.5. The normalized spacial score (nSPS) is 14.1. The van der Waals surface area contributed by atoms with Gasteiger partial charge in [-0.3, -0.25) is 4.79 Å². The van der Waals surface area contributed by atoms with Crippen molar-refractivity contribution < 1.29 is 9.53 Å². The molecule has 0 aliphatic heterocycles. The molecule has 0 amide bonds. The lowest BCUT2D eigenvalue weighted by molar-refractivity contribution is -0.153. The first kappa shape index (κ1) is 13.7. The number of hydrogen-bond donors (Lipinski definition) is 1. The van der Waals surface area contributed by atoms with Crippen LogP contribution < -0.4 is 5.32 Å².